The molecule has 0 bridgehead atoms. The maximum Gasteiger partial charge on any atom is 0.160 e. The van der Waals surface area contributed by atoms with Crippen LogP contribution in [0.15, 0.2) is 18.3 Å². The second-order valence-corrected chi connectivity index (χ2v) is 5.42. The van der Waals surface area contributed by atoms with Crippen molar-refractivity contribution in [1.29, 1.82) is 0 Å². The lowest BCUT2D eigenvalue weighted by Gasteiger charge is -2.19. The topological polar surface area (TPSA) is 42.7 Å². The van der Waals surface area contributed by atoms with Crippen molar-refractivity contribution in [3.05, 3.63) is 24.2 Å². The van der Waals surface area contributed by atoms with Gasteiger partial charge in [0.25, 0.3) is 0 Å². The minimum Gasteiger partial charge on any atom is -0.314 e. The van der Waals surface area contributed by atoms with Gasteiger partial charge in [-0.05, 0) is 45.9 Å². The van der Waals surface area contributed by atoms with Gasteiger partial charge in [0, 0.05) is 24.2 Å². The van der Waals surface area contributed by atoms with Crippen molar-refractivity contribution < 1.29 is 0 Å². The Balaban J connectivity index is 2.18. The zero-order valence-electron chi connectivity index (χ0n) is 11.2. The summed E-state index contributed by atoms with van der Waals surface area (Å²) in [6.45, 7) is 7.73. The highest BCUT2D eigenvalue weighted by Crippen LogP contribution is 2.31. The largest absolute Gasteiger partial charge is 0.314 e. The average Bonchev–Trinajstić information content (AvgIpc) is 2.91. The summed E-state index contributed by atoms with van der Waals surface area (Å²) >= 11 is 0. The number of nitrogens with zero attached hydrogens (tertiary/aromatic N) is 3. The molecule has 18 heavy (non-hydrogen) atoms. The van der Waals surface area contributed by atoms with Gasteiger partial charge in [0.15, 0.2) is 5.65 Å². The van der Waals surface area contributed by atoms with E-state index in [1.165, 1.54) is 5.82 Å². The predicted octanol–water partition coefficient (Wildman–Crippen LogP) is 2.48. The van der Waals surface area contributed by atoms with Crippen LogP contribution in [0.25, 0.3) is 11.2 Å². The summed E-state index contributed by atoms with van der Waals surface area (Å²) in [7, 11) is 0. The first-order valence-corrected chi connectivity index (χ1v) is 6.74. The van der Waals surface area contributed by atoms with Crippen LogP contribution in [0.5, 0.6) is 0 Å². The summed E-state index contributed by atoms with van der Waals surface area (Å²) in [5, 5.41) is 3.50. The Morgan fingerprint density at radius 2 is 2.28 bits per heavy atom. The van der Waals surface area contributed by atoms with Gasteiger partial charge in [-0.1, -0.05) is 0 Å². The van der Waals surface area contributed by atoms with E-state index >= 15 is 0 Å². The number of fused-ring (bicyclic) bond motifs is 1. The molecule has 2 aromatic heterocycles. The van der Waals surface area contributed by atoms with E-state index in [-0.39, 0.29) is 0 Å². The van der Waals surface area contributed by atoms with Gasteiger partial charge in [-0.3, -0.25) is 0 Å². The molecule has 0 aliphatic carbocycles. The van der Waals surface area contributed by atoms with Gasteiger partial charge in [0.1, 0.15) is 11.3 Å². The Kier molecular flexibility index (Phi) is 2.82. The molecule has 4 nitrogen and oxygen atoms in total. The zero-order valence-corrected chi connectivity index (χ0v) is 11.2. The first kappa shape index (κ1) is 11.7. The molecule has 0 aromatic carbocycles. The molecule has 2 atom stereocenters. The molecule has 0 spiro atoms. The van der Waals surface area contributed by atoms with Crippen LogP contribution in [0.4, 0.5) is 0 Å². The number of nitrogens with one attached hydrogen (secondary N) is 1. The van der Waals surface area contributed by atoms with E-state index < -0.39 is 0 Å². The van der Waals surface area contributed by atoms with Crippen LogP contribution in [0.2, 0.25) is 0 Å². The van der Waals surface area contributed by atoms with Gasteiger partial charge in [-0.2, -0.15) is 0 Å². The fourth-order valence-electron chi connectivity index (χ4n) is 2.93. The van der Waals surface area contributed by atoms with E-state index in [0.29, 0.717) is 18.0 Å². The Morgan fingerprint density at radius 3 is 2.94 bits per heavy atom. The molecule has 2 unspecified atom stereocenters. The van der Waals surface area contributed by atoms with Crippen molar-refractivity contribution in [1.82, 2.24) is 19.9 Å². The highest BCUT2D eigenvalue weighted by molar-refractivity contribution is 5.71. The predicted molar refractivity (Wildman–Crippen MR) is 72.7 cm³/mol. The Hall–Kier alpha value is -1.42. The molecule has 0 radical (unpaired) electrons. The van der Waals surface area contributed by atoms with Gasteiger partial charge in [0.05, 0.1) is 0 Å². The van der Waals surface area contributed by atoms with Crippen LogP contribution in [0, 0.1) is 0 Å². The van der Waals surface area contributed by atoms with Crippen LogP contribution < -0.4 is 5.32 Å². The van der Waals surface area contributed by atoms with Crippen molar-refractivity contribution in [3.63, 3.8) is 0 Å². The van der Waals surface area contributed by atoms with Crippen molar-refractivity contribution >= 4 is 11.2 Å². The highest BCUT2D eigenvalue weighted by atomic mass is 15.2. The third-order valence-corrected chi connectivity index (χ3v) is 3.85. The van der Waals surface area contributed by atoms with E-state index in [1.54, 1.807) is 0 Å². The molecule has 3 heterocycles. The third-order valence-electron chi connectivity index (χ3n) is 3.85. The molecule has 96 valence electrons. The first-order valence-electron chi connectivity index (χ1n) is 6.74. The van der Waals surface area contributed by atoms with Gasteiger partial charge >= 0.3 is 0 Å². The molecule has 1 N–H and O–H groups in total. The van der Waals surface area contributed by atoms with Crippen molar-refractivity contribution in [3.8, 4) is 0 Å². The molecule has 1 saturated heterocycles. The first-order chi connectivity index (χ1) is 8.68. The molecule has 1 fully saturated rings. The van der Waals surface area contributed by atoms with Gasteiger partial charge in [0.2, 0.25) is 0 Å². The van der Waals surface area contributed by atoms with E-state index in [9.17, 15) is 0 Å². The zero-order chi connectivity index (χ0) is 12.7. The molecule has 4 heteroatoms. The fraction of sp³-hybridized carbons (Fsp3) is 0.571. The molecule has 1 aliphatic rings. The van der Waals surface area contributed by atoms with E-state index in [4.69, 9.17) is 4.98 Å². The number of hydrogen-bond donors (Lipinski definition) is 1. The van der Waals surface area contributed by atoms with Gasteiger partial charge < -0.3 is 9.88 Å². The normalized spacial score (nSPS) is 24.2. The second kappa shape index (κ2) is 4.35. The summed E-state index contributed by atoms with van der Waals surface area (Å²) < 4.78 is 2.30. The van der Waals surface area contributed by atoms with Crippen LogP contribution in [0.3, 0.4) is 0 Å². The van der Waals surface area contributed by atoms with Crippen molar-refractivity contribution in [2.75, 3.05) is 6.54 Å². The lowest BCUT2D eigenvalue weighted by atomic mass is 10.0. The van der Waals surface area contributed by atoms with E-state index in [2.05, 4.69) is 41.7 Å². The lowest BCUT2D eigenvalue weighted by Crippen LogP contribution is -2.24. The summed E-state index contributed by atoms with van der Waals surface area (Å²) in [4.78, 5) is 9.33. The summed E-state index contributed by atoms with van der Waals surface area (Å²) in [6, 6.07) is 4.91. The van der Waals surface area contributed by atoms with E-state index in [1.807, 2.05) is 12.3 Å². The second-order valence-electron chi connectivity index (χ2n) is 5.42. The summed E-state index contributed by atoms with van der Waals surface area (Å²) in [5.41, 5.74) is 2.03. The maximum absolute atomic E-state index is 4.83. The number of imidazole rings is 1. The molecule has 3 rings (SSSR count). The SMILES string of the molecule is CC1NCCC1c1nc2cccnc2n1C(C)C. The summed E-state index contributed by atoms with van der Waals surface area (Å²) in [6.07, 6.45) is 3.01. The number of hydrogen-bond acceptors (Lipinski definition) is 3. The minimum absolute atomic E-state index is 0.396. The molecular weight excluding hydrogens is 224 g/mol. The average molecular weight is 244 g/mol. The van der Waals surface area contributed by atoms with Crippen molar-refractivity contribution in [2.45, 2.75) is 45.2 Å². The van der Waals surface area contributed by atoms with Gasteiger partial charge in [-0.15, -0.1) is 0 Å². The molecule has 2 aromatic rings. The molecular formula is C14H20N4. The molecule has 0 amide bonds. The van der Waals surface area contributed by atoms with Crippen LogP contribution in [0.1, 0.15) is 45.0 Å². The monoisotopic (exact) mass is 244 g/mol. The quantitative estimate of drug-likeness (QED) is 0.882. The molecule has 0 saturated carbocycles. The number of pyridine rings is 1. The van der Waals surface area contributed by atoms with Crippen LogP contribution in [-0.2, 0) is 0 Å². The maximum atomic E-state index is 4.83. The lowest BCUT2D eigenvalue weighted by molar-refractivity contribution is 0.505. The number of aromatic nitrogens is 3. The Labute approximate surface area is 107 Å². The van der Waals surface area contributed by atoms with Gasteiger partial charge in [-0.25, -0.2) is 9.97 Å². The Morgan fingerprint density at radius 1 is 1.44 bits per heavy atom. The van der Waals surface area contributed by atoms with Crippen molar-refractivity contribution in [2.24, 2.45) is 0 Å². The van der Waals surface area contributed by atoms with Crippen LogP contribution >= 0.6 is 0 Å². The fourth-order valence-corrected chi connectivity index (χ4v) is 2.93. The van der Waals surface area contributed by atoms with E-state index in [0.717, 1.165) is 24.1 Å². The smallest absolute Gasteiger partial charge is 0.160 e. The third kappa shape index (κ3) is 1.72. The number of rotatable bonds is 2. The molecule has 1 aliphatic heterocycles. The highest BCUT2D eigenvalue weighted by Gasteiger charge is 2.30. The standard InChI is InChI=1S/C14H20N4/c1-9(2)18-13(11-6-8-15-10(11)3)17-12-5-4-7-16-14(12)18/h4-5,7,9-11,15H,6,8H2,1-3H3. The Bertz CT molecular complexity index is 558. The summed E-state index contributed by atoms with van der Waals surface area (Å²) in [5.74, 6) is 1.69. The minimum atomic E-state index is 0.396. The van der Waals surface area contributed by atoms with Crippen LogP contribution in [-0.4, -0.2) is 27.1 Å².